The lowest BCUT2D eigenvalue weighted by atomic mass is 9.44. The van der Waals surface area contributed by atoms with E-state index < -0.39 is 11.4 Å². The van der Waals surface area contributed by atoms with E-state index in [2.05, 4.69) is 13.8 Å². The molecule has 2 spiro atoms. The molecule has 2 aliphatic heterocycles. The van der Waals surface area contributed by atoms with Crippen LogP contribution in [-0.4, -0.2) is 47.2 Å². The molecule has 0 bridgehead atoms. The molecule has 0 aromatic heterocycles. The molecule has 2 heterocycles. The van der Waals surface area contributed by atoms with E-state index in [1.165, 1.54) is 0 Å². The Labute approximate surface area is 167 Å². The Balaban J connectivity index is 1.34. The first-order chi connectivity index (χ1) is 13.2. The van der Waals surface area contributed by atoms with Gasteiger partial charge >= 0.3 is 0 Å². The maximum absolute atomic E-state index is 12.4. The normalized spacial score (nSPS) is 58.6. The van der Waals surface area contributed by atoms with Gasteiger partial charge in [-0.25, -0.2) is 0 Å². The van der Waals surface area contributed by atoms with Crippen molar-refractivity contribution in [3.63, 3.8) is 0 Å². The van der Waals surface area contributed by atoms with Crippen molar-refractivity contribution in [3.05, 3.63) is 0 Å². The summed E-state index contributed by atoms with van der Waals surface area (Å²) in [6.07, 6.45) is 7.94. The number of carbonyl (C=O) groups excluding carboxylic acids is 1. The first kappa shape index (κ1) is 18.3. The van der Waals surface area contributed by atoms with Crippen LogP contribution in [0.3, 0.4) is 0 Å². The molecule has 0 amide bonds. The summed E-state index contributed by atoms with van der Waals surface area (Å²) >= 11 is 0. The van der Waals surface area contributed by atoms with Gasteiger partial charge in [0.25, 0.3) is 0 Å². The van der Waals surface area contributed by atoms with Crippen molar-refractivity contribution in [3.8, 4) is 0 Å². The Bertz CT molecular complexity index is 731. The topological polar surface area (TPSA) is 68.3 Å². The van der Waals surface area contributed by atoms with Crippen LogP contribution in [0.4, 0.5) is 0 Å². The van der Waals surface area contributed by atoms with Crippen molar-refractivity contribution in [2.45, 2.75) is 95.2 Å². The van der Waals surface area contributed by atoms with Crippen LogP contribution < -0.4 is 0 Å². The van der Waals surface area contributed by atoms with Crippen LogP contribution in [0.5, 0.6) is 0 Å². The fourth-order valence-corrected chi connectivity index (χ4v) is 8.96. The molecule has 4 aliphatic carbocycles. The summed E-state index contributed by atoms with van der Waals surface area (Å²) in [5.41, 5.74) is -1.34. The van der Waals surface area contributed by atoms with Crippen molar-refractivity contribution in [1.82, 2.24) is 0 Å². The van der Waals surface area contributed by atoms with Gasteiger partial charge in [-0.2, -0.15) is 0 Å². The highest BCUT2D eigenvalue weighted by Gasteiger charge is 2.79. The first-order valence-electron chi connectivity index (χ1n) is 11.4. The van der Waals surface area contributed by atoms with Gasteiger partial charge in [-0.15, -0.1) is 0 Å². The van der Waals surface area contributed by atoms with Gasteiger partial charge in [-0.3, -0.25) is 4.79 Å². The van der Waals surface area contributed by atoms with Gasteiger partial charge in [0.2, 0.25) is 0 Å². The molecule has 6 rings (SSSR count). The third kappa shape index (κ3) is 1.87. The van der Waals surface area contributed by atoms with Gasteiger partial charge in [0.15, 0.2) is 11.6 Å². The summed E-state index contributed by atoms with van der Waals surface area (Å²) < 4.78 is 18.7. The van der Waals surface area contributed by atoms with Crippen molar-refractivity contribution in [2.75, 3.05) is 13.2 Å². The molecule has 2 saturated heterocycles. The van der Waals surface area contributed by atoms with Gasteiger partial charge in [0.1, 0.15) is 11.2 Å². The molecular formula is C23H34O5. The van der Waals surface area contributed by atoms with Crippen LogP contribution in [0.1, 0.15) is 72.1 Å². The molecule has 6 aliphatic rings. The molecule has 28 heavy (non-hydrogen) atoms. The number of carbonyl (C=O) groups is 1. The average molecular weight is 391 g/mol. The largest absolute Gasteiger partial charge is 0.382 e. The summed E-state index contributed by atoms with van der Waals surface area (Å²) in [5.74, 6) is 1.14. The van der Waals surface area contributed by atoms with Crippen LogP contribution in [0.15, 0.2) is 0 Å². The van der Waals surface area contributed by atoms with Crippen LogP contribution in [0.25, 0.3) is 0 Å². The third-order valence-electron chi connectivity index (χ3n) is 10.6. The molecule has 5 heteroatoms. The number of aliphatic hydroxyl groups is 1. The van der Waals surface area contributed by atoms with Crippen LogP contribution >= 0.6 is 0 Å². The van der Waals surface area contributed by atoms with E-state index in [1.54, 1.807) is 6.92 Å². The highest BCUT2D eigenvalue weighted by atomic mass is 16.7. The Kier molecular flexibility index (Phi) is 3.41. The molecule has 156 valence electrons. The molecular weight excluding hydrogens is 356 g/mol. The van der Waals surface area contributed by atoms with Crippen molar-refractivity contribution < 1.29 is 24.1 Å². The predicted octanol–water partition coefficient (Wildman–Crippen LogP) is 3.22. The Morgan fingerprint density at radius 3 is 2.36 bits per heavy atom. The number of hydrogen-bond acceptors (Lipinski definition) is 5. The number of ketones is 1. The van der Waals surface area contributed by atoms with Crippen LogP contribution in [0.2, 0.25) is 0 Å². The van der Waals surface area contributed by atoms with Crippen molar-refractivity contribution in [2.24, 2.45) is 28.6 Å². The fraction of sp³-hybridized carbons (Fsp3) is 0.957. The molecule has 8 atom stereocenters. The summed E-state index contributed by atoms with van der Waals surface area (Å²) in [4.78, 5) is 12.4. The second-order valence-electron chi connectivity index (χ2n) is 11.2. The first-order valence-corrected chi connectivity index (χ1v) is 11.4. The van der Waals surface area contributed by atoms with Gasteiger partial charge in [-0.1, -0.05) is 13.8 Å². The van der Waals surface area contributed by atoms with E-state index in [4.69, 9.17) is 14.2 Å². The molecule has 1 N–H and O–H groups in total. The highest BCUT2D eigenvalue weighted by molar-refractivity contribution is 5.86. The van der Waals surface area contributed by atoms with E-state index in [0.29, 0.717) is 37.4 Å². The second kappa shape index (κ2) is 5.22. The minimum Gasteiger partial charge on any atom is -0.382 e. The summed E-state index contributed by atoms with van der Waals surface area (Å²) in [5, 5.41) is 11.3. The van der Waals surface area contributed by atoms with Gasteiger partial charge in [-0.05, 0) is 63.2 Å². The number of fused-ring (bicyclic) bond motifs is 4. The number of hydrogen-bond donors (Lipinski definition) is 1. The molecule has 0 unspecified atom stereocenters. The van der Waals surface area contributed by atoms with Gasteiger partial charge < -0.3 is 19.3 Å². The Morgan fingerprint density at radius 2 is 1.64 bits per heavy atom. The molecule has 6 fully saturated rings. The molecule has 0 radical (unpaired) electrons. The van der Waals surface area contributed by atoms with Gasteiger partial charge in [0.05, 0.1) is 19.3 Å². The highest BCUT2D eigenvalue weighted by Crippen LogP contribution is 2.75. The monoisotopic (exact) mass is 390 g/mol. The molecule has 0 aromatic rings. The number of ether oxygens (including phenoxy) is 3. The zero-order chi connectivity index (χ0) is 19.6. The van der Waals surface area contributed by atoms with E-state index in [0.717, 1.165) is 44.9 Å². The lowest BCUT2D eigenvalue weighted by molar-refractivity contribution is -0.228. The Morgan fingerprint density at radius 1 is 0.964 bits per heavy atom. The van der Waals surface area contributed by atoms with E-state index >= 15 is 0 Å². The lowest BCUT2D eigenvalue weighted by Gasteiger charge is -2.60. The standard InChI is InChI=1S/C23H34O5/c1-14(24)22(25)7-5-16-15-12-18-23(28-18)13-21(26-10-11-27-21)9-8-20(23,3)17(15)4-6-19(16,22)2/h15-18,25H,4-13H2,1-3H3/t15-,16-,17-,18-,19-,20+,22-,23-/m0/s1. The van der Waals surface area contributed by atoms with Crippen LogP contribution in [0, 0.1) is 28.6 Å². The predicted molar refractivity (Wildman–Crippen MR) is 101 cm³/mol. The summed E-state index contributed by atoms with van der Waals surface area (Å²) in [6.45, 7) is 7.64. The smallest absolute Gasteiger partial charge is 0.171 e. The quantitative estimate of drug-likeness (QED) is 0.696. The van der Waals surface area contributed by atoms with Gasteiger partial charge in [0, 0.05) is 23.7 Å². The van der Waals surface area contributed by atoms with Crippen LogP contribution in [-0.2, 0) is 19.0 Å². The SMILES string of the molecule is CC(=O)[C@@]1(O)CC[C@H]2[C@@H]3C[C@@H]4O[C@@]45CC4(CC[C@]5(C)[C@H]3CC[C@@]21C)OCCO4. The summed E-state index contributed by atoms with van der Waals surface area (Å²) in [6, 6.07) is 0. The third-order valence-corrected chi connectivity index (χ3v) is 10.6. The van der Waals surface area contributed by atoms with Crippen molar-refractivity contribution in [1.29, 1.82) is 0 Å². The second-order valence-corrected chi connectivity index (χ2v) is 11.2. The number of rotatable bonds is 1. The van der Waals surface area contributed by atoms with E-state index in [9.17, 15) is 9.90 Å². The number of epoxide rings is 1. The maximum Gasteiger partial charge on any atom is 0.171 e. The van der Waals surface area contributed by atoms with Crippen molar-refractivity contribution >= 4 is 5.78 Å². The number of Topliss-reactive ketones (excluding diaryl/α,β-unsaturated/α-hetero) is 1. The average Bonchev–Trinajstić information content (AvgIpc) is 3.02. The fourth-order valence-electron chi connectivity index (χ4n) is 8.96. The lowest BCUT2D eigenvalue weighted by Crippen LogP contribution is -2.62. The minimum atomic E-state index is -1.13. The molecule has 0 aromatic carbocycles. The minimum absolute atomic E-state index is 0.0369. The van der Waals surface area contributed by atoms with E-state index in [1.807, 2.05) is 0 Å². The maximum atomic E-state index is 12.4. The molecule has 5 nitrogen and oxygen atoms in total. The zero-order valence-electron chi connectivity index (χ0n) is 17.5. The molecule has 4 saturated carbocycles. The van der Waals surface area contributed by atoms with E-state index in [-0.39, 0.29) is 28.3 Å². The Hall–Kier alpha value is -0.490. The summed E-state index contributed by atoms with van der Waals surface area (Å²) in [7, 11) is 0. The zero-order valence-corrected chi connectivity index (χ0v) is 17.5.